The molecule has 0 unspecified atom stereocenters. The first-order valence-corrected chi connectivity index (χ1v) is 4.87. The van der Waals surface area contributed by atoms with Gasteiger partial charge >= 0.3 is 0 Å². The molecule has 0 fully saturated rings. The van der Waals surface area contributed by atoms with Crippen LogP contribution in [0.5, 0.6) is 0 Å². The van der Waals surface area contributed by atoms with Crippen molar-refractivity contribution in [2.45, 2.75) is 26.4 Å². The maximum absolute atomic E-state index is 11.7. The number of likely N-dealkylation sites (N-methyl/N-ethyl adjacent to an activating group) is 1. The van der Waals surface area contributed by atoms with E-state index in [1.54, 1.807) is 11.9 Å². The monoisotopic (exact) mass is 211 g/mol. The minimum absolute atomic E-state index is 0.0820. The molecule has 6 nitrogen and oxygen atoms in total. The van der Waals surface area contributed by atoms with Crippen molar-refractivity contribution < 1.29 is 4.79 Å². The fourth-order valence-corrected chi connectivity index (χ4v) is 1.15. The predicted octanol–water partition coefficient (Wildman–Crippen LogP) is -0.254. The molecule has 1 heterocycles. The van der Waals surface area contributed by atoms with Crippen LogP contribution in [0.4, 0.5) is 0 Å². The third-order valence-corrected chi connectivity index (χ3v) is 2.23. The highest BCUT2D eigenvalue weighted by atomic mass is 16.2. The number of hydrogen-bond donors (Lipinski definition) is 2. The van der Waals surface area contributed by atoms with Crippen LogP contribution in [0.2, 0.25) is 0 Å². The largest absolute Gasteiger partial charge is 0.337 e. The van der Waals surface area contributed by atoms with E-state index >= 15 is 0 Å². The molecule has 0 aromatic carbocycles. The number of amides is 1. The molecule has 1 amide bonds. The molecular weight excluding hydrogens is 194 g/mol. The Hall–Kier alpha value is -1.43. The number of carbonyl (C=O) groups excluding carboxylic acids is 1. The second-order valence-corrected chi connectivity index (χ2v) is 3.90. The second-order valence-electron chi connectivity index (χ2n) is 3.90. The summed E-state index contributed by atoms with van der Waals surface area (Å²) in [6, 6.07) is -0.460. The quantitative estimate of drug-likeness (QED) is 0.718. The number of rotatable bonds is 4. The minimum Gasteiger partial charge on any atom is -0.337 e. The van der Waals surface area contributed by atoms with Gasteiger partial charge in [-0.05, 0) is 5.92 Å². The first-order valence-electron chi connectivity index (χ1n) is 4.87. The van der Waals surface area contributed by atoms with Gasteiger partial charge in [-0.2, -0.15) is 5.10 Å². The predicted molar refractivity (Wildman–Crippen MR) is 55.7 cm³/mol. The molecule has 84 valence electrons. The number of aromatic nitrogens is 3. The van der Waals surface area contributed by atoms with Crippen LogP contribution in [0.3, 0.4) is 0 Å². The Bertz CT molecular complexity index is 308. The molecule has 0 radical (unpaired) electrons. The zero-order valence-electron chi connectivity index (χ0n) is 9.27. The fourth-order valence-electron chi connectivity index (χ4n) is 1.15. The van der Waals surface area contributed by atoms with E-state index in [0.717, 1.165) is 0 Å². The lowest BCUT2D eigenvalue weighted by Gasteiger charge is -2.22. The molecule has 0 aliphatic heterocycles. The van der Waals surface area contributed by atoms with E-state index in [1.165, 1.54) is 6.33 Å². The molecule has 1 atom stereocenters. The van der Waals surface area contributed by atoms with Crippen molar-refractivity contribution in [3.05, 3.63) is 12.2 Å². The molecule has 3 N–H and O–H groups in total. The molecule has 6 heteroatoms. The average molecular weight is 211 g/mol. The topological polar surface area (TPSA) is 87.9 Å². The van der Waals surface area contributed by atoms with E-state index in [-0.39, 0.29) is 11.8 Å². The zero-order chi connectivity index (χ0) is 11.4. The SMILES string of the molecule is CC(C)[C@H](N)C(=O)N(C)Cc1ncn[nH]1. The van der Waals surface area contributed by atoms with E-state index in [0.29, 0.717) is 12.4 Å². The normalized spacial score (nSPS) is 12.9. The molecule has 0 aliphatic rings. The van der Waals surface area contributed by atoms with Crippen LogP contribution in [0.15, 0.2) is 6.33 Å². The summed E-state index contributed by atoms with van der Waals surface area (Å²) in [5.74, 6) is 0.706. The van der Waals surface area contributed by atoms with Crippen molar-refractivity contribution in [1.82, 2.24) is 20.1 Å². The molecule has 0 saturated heterocycles. The smallest absolute Gasteiger partial charge is 0.239 e. The van der Waals surface area contributed by atoms with Crippen molar-refractivity contribution in [1.29, 1.82) is 0 Å². The van der Waals surface area contributed by atoms with Crippen molar-refractivity contribution >= 4 is 5.91 Å². The number of aromatic amines is 1. The van der Waals surface area contributed by atoms with Crippen molar-refractivity contribution in [3.8, 4) is 0 Å². The van der Waals surface area contributed by atoms with E-state index in [2.05, 4.69) is 15.2 Å². The molecule has 15 heavy (non-hydrogen) atoms. The van der Waals surface area contributed by atoms with Gasteiger partial charge in [0.15, 0.2) is 0 Å². The van der Waals surface area contributed by atoms with Crippen LogP contribution in [-0.2, 0) is 11.3 Å². The van der Waals surface area contributed by atoms with Crippen molar-refractivity contribution in [3.63, 3.8) is 0 Å². The summed E-state index contributed by atoms with van der Waals surface area (Å²) < 4.78 is 0. The van der Waals surface area contributed by atoms with E-state index in [9.17, 15) is 4.79 Å². The lowest BCUT2D eigenvalue weighted by molar-refractivity contribution is -0.132. The molecule has 1 aromatic rings. The molecule has 0 saturated carbocycles. The van der Waals surface area contributed by atoms with Gasteiger partial charge in [0.05, 0.1) is 12.6 Å². The summed E-state index contributed by atoms with van der Waals surface area (Å²) in [4.78, 5) is 17.2. The van der Waals surface area contributed by atoms with E-state index in [4.69, 9.17) is 5.73 Å². The maximum Gasteiger partial charge on any atom is 0.239 e. The van der Waals surface area contributed by atoms with Crippen LogP contribution >= 0.6 is 0 Å². The van der Waals surface area contributed by atoms with Gasteiger partial charge in [0.2, 0.25) is 5.91 Å². The van der Waals surface area contributed by atoms with Crippen LogP contribution in [0.1, 0.15) is 19.7 Å². The van der Waals surface area contributed by atoms with Crippen LogP contribution in [-0.4, -0.2) is 39.1 Å². The third kappa shape index (κ3) is 3.02. The number of H-pyrrole nitrogens is 1. The van der Waals surface area contributed by atoms with Gasteiger partial charge in [0, 0.05) is 7.05 Å². The number of hydrogen-bond acceptors (Lipinski definition) is 4. The summed E-state index contributed by atoms with van der Waals surface area (Å²) in [6.45, 7) is 4.25. The van der Waals surface area contributed by atoms with Gasteiger partial charge in [0.25, 0.3) is 0 Å². The van der Waals surface area contributed by atoms with E-state index < -0.39 is 6.04 Å². The molecule has 0 spiro atoms. The Morgan fingerprint density at radius 2 is 2.33 bits per heavy atom. The van der Waals surface area contributed by atoms with Gasteiger partial charge in [-0.15, -0.1) is 0 Å². The van der Waals surface area contributed by atoms with Gasteiger partial charge < -0.3 is 10.6 Å². The molecule has 0 aliphatic carbocycles. The first kappa shape index (κ1) is 11.6. The number of carbonyl (C=O) groups is 1. The summed E-state index contributed by atoms with van der Waals surface area (Å²) in [6.07, 6.45) is 1.41. The summed E-state index contributed by atoms with van der Waals surface area (Å²) in [7, 11) is 1.70. The molecule has 1 rings (SSSR count). The van der Waals surface area contributed by atoms with Gasteiger partial charge in [-0.25, -0.2) is 4.98 Å². The lowest BCUT2D eigenvalue weighted by atomic mass is 10.0. The van der Waals surface area contributed by atoms with Crippen LogP contribution in [0, 0.1) is 5.92 Å². The van der Waals surface area contributed by atoms with Crippen molar-refractivity contribution in [2.24, 2.45) is 11.7 Å². The van der Waals surface area contributed by atoms with Gasteiger partial charge in [-0.1, -0.05) is 13.8 Å². The fraction of sp³-hybridized carbons (Fsp3) is 0.667. The summed E-state index contributed by atoms with van der Waals surface area (Å²) >= 11 is 0. The Morgan fingerprint density at radius 3 is 2.80 bits per heavy atom. The number of nitrogens with one attached hydrogen (secondary N) is 1. The standard InChI is InChI=1S/C9H17N5O/c1-6(2)8(10)9(15)14(3)4-7-11-5-12-13-7/h5-6,8H,4,10H2,1-3H3,(H,11,12,13)/t8-/m0/s1. The first-order chi connectivity index (χ1) is 7.02. The third-order valence-electron chi connectivity index (χ3n) is 2.23. The Kier molecular flexibility index (Phi) is 3.79. The maximum atomic E-state index is 11.7. The Balaban J connectivity index is 2.54. The average Bonchev–Trinajstić information content (AvgIpc) is 2.67. The highest BCUT2D eigenvalue weighted by Crippen LogP contribution is 2.04. The highest BCUT2D eigenvalue weighted by molar-refractivity contribution is 5.81. The van der Waals surface area contributed by atoms with Crippen LogP contribution in [0.25, 0.3) is 0 Å². The summed E-state index contributed by atoms with van der Waals surface area (Å²) in [5, 5.41) is 6.40. The minimum atomic E-state index is -0.460. The molecule has 0 bridgehead atoms. The number of nitrogens with two attached hydrogens (primary N) is 1. The van der Waals surface area contributed by atoms with Gasteiger partial charge in [0.1, 0.15) is 12.2 Å². The summed E-state index contributed by atoms with van der Waals surface area (Å²) in [5.41, 5.74) is 5.75. The highest BCUT2D eigenvalue weighted by Gasteiger charge is 2.21. The van der Waals surface area contributed by atoms with Crippen LogP contribution < -0.4 is 5.73 Å². The van der Waals surface area contributed by atoms with Crippen molar-refractivity contribution in [2.75, 3.05) is 7.05 Å². The van der Waals surface area contributed by atoms with Gasteiger partial charge in [-0.3, -0.25) is 9.89 Å². The molecular formula is C9H17N5O. The number of nitrogens with zero attached hydrogens (tertiary/aromatic N) is 3. The Morgan fingerprint density at radius 1 is 1.67 bits per heavy atom. The lowest BCUT2D eigenvalue weighted by Crippen LogP contribution is -2.44. The second kappa shape index (κ2) is 4.88. The van der Waals surface area contributed by atoms with E-state index in [1.807, 2.05) is 13.8 Å². The Labute approximate surface area is 88.9 Å². The zero-order valence-corrected chi connectivity index (χ0v) is 9.27. The molecule has 1 aromatic heterocycles.